The van der Waals surface area contributed by atoms with Crippen LogP contribution in [-0.4, -0.2) is 4.98 Å². The highest BCUT2D eigenvalue weighted by Gasteiger charge is 2.07. The molecule has 2 N–H and O–H groups in total. The number of nitrogens with two attached hydrogens (primary N) is 1. The van der Waals surface area contributed by atoms with Crippen LogP contribution in [0.25, 0.3) is 10.8 Å². The van der Waals surface area contributed by atoms with Gasteiger partial charge >= 0.3 is 0 Å². The first kappa shape index (κ1) is 8.26. The molecule has 2 nitrogen and oxygen atoms in total. The lowest BCUT2D eigenvalue weighted by Gasteiger charge is -2.03. The molecule has 0 saturated carbocycles. The zero-order chi connectivity index (χ0) is 9.42. The van der Waals surface area contributed by atoms with E-state index in [1.54, 1.807) is 12.3 Å². The fourth-order valence-electron chi connectivity index (χ4n) is 1.23. The second-order valence-corrected chi connectivity index (χ2v) is 3.07. The maximum atomic E-state index is 13.0. The third-order valence-electron chi connectivity index (χ3n) is 1.84. The van der Waals surface area contributed by atoms with Crippen LogP contribution < -0.4 is 5.73 Å². The summed E-state index contributed by atoms with van der Waals surface area (Å²) in [5.41, 5.74) is 6.00. The summed E-state index contributed by atoms with van der Waals surface area (Å²) in [7, 11) is 0. The van der Waals surface area contributed by atoms with Gasteiger partial charge in [0.1, 0.15) is 5.82 Å². The van der Waals surface area contributed by atoms with Gasteiger partial charge in [-0.3, -0.25) is 4.98 Å². The van der Waals surface area contributed by atoms with Crippen LogP contribution in [0.3, 0.4) is 0 Å². The number of hydrogen-bond donors (Lipinski definition) is 1. The molecule has 0 amide bonds. The van der Waals surface area contributed by atoms with Crippen molar-refractivity contribution in [3.8, 4) is 0 Å². The predicted molar refractivity (Wildman–Crippen MR) is 51.1 cm³/mol. The smallest absolute Gasteiger partial charge is 0.142 e. The van der Waals surface area contributed by atoms with E-state index in [0.29, 0.717) is 11.1 Å². The van der Waals surface area contributed by atoms with Crippen molar-refractivity contribution in [2.75, 3.05) is 5.73 Å². The largest absolute Gasteiger partial charge is 0.397 e. The Balaban J connectivity index is 2.97. The number of halogens is 2. The van der Waals surface area contributed by atoms with Gasteiger partial charge in [-0.15, -0.1) is 0 Å². The van der Waals surface area contributed by atoms with E-state index < -0.39 is 5.82 Å². The number of nitrogen functional groups attached to an aromatic ring is 1. The summed E-state index contributed by atoms with van der Waals surface area (Å²) < 4.78 is 13.0. The fourth-order valence-corrected chi connectivity index (χ4v) is 1.51. The molecule has 0 aliphatic rings. The Hall–Kier alpha value is -1.35. The third-order valence-corrected chi connectivity index (χ3v) is 2.21. The summed E-state index contributed by atoms with van der Waals surface area (Å²) in [6.07, 6.45) is 3.05. The normalized spacial score (nSPS) is 10.6. The Bertz CT molecular complexity index is 470. The molecule has 4 heteroatoms. The molecule has 1 aromatic carbocycles. The lowest BCUT2D eigenvalue weighted by molar-refractivity contribution is 0.630. The average molecular weight is 197 g/mol. The van der Waals surface area contributed by atoms with E-state index in [4.69, 9.17) is 17.3 Å². The number of benzene rings is 1. The Labute approximate surface area is 79.1 Å². The first-order valence-electron chi connectivity index (χ1n) is 3.67. The van der Waals surface area contributed by atoms with Crippen LogP contribution in [0.15, 0.2) is 24.5 Å². The monoisotopic (exact) mass is 196 g/mol. The molecule has 2 aromatic rings. The highest BCUT2D eigenvalue weighted by Crippen LogP contribution is 2.29. The van der Waals surface area contributed by atoms with Gasteiger partial charge in [-0.1, -0.05) is 11.6 Å². The van der Waals surface area contributed by atoms with Crippen molar-refractivity contribution >= 4 is 28.1 Å². The number of fused-ring (bicyclic) bond motifs is 1. The quantitative estimate of drug-likeness (QED) is 0.704. The number of aromatic nitrogens is 1. The van der Waals surface area contributed by atoms with Crippen LogP contribution in [0.2, 0.25) is 5.02 Å². The fraction of sp³-hybridized carbons (Fsp3) is 0. The van der Waals surface area contributed by atoms with Crippen molar-refractivity contribution in [1.82, 2.24) is 4.98 Å². The van der Waals surface area contributed by atoms with Crippen molar-refractivity contribution in [1.29, 1.82) is 0 Å². The van der Waals surface area contributed by atoms with Crippen molar-refractivity contribution in [2.24, 2.45) is 0 Å². The van der Waals surface area contributed by atoms with Gasteiger partial charge in [0.05, 0.1) is 16.9 Å². The molecule has 66 valence electrons. The lowest BCUT2D eigenvalue weighted by atomic mass is 10.1. The van der Waals surface area contributed by atoms with Crippen LogP contribution in [0, 0.1) is 5.82 Å². The number of rotatable bonds is 0. The second kappa shape index (κ2) is 2.85. The predicted octanol–water partition coefficient (Wildman–Crippen LogP) is 2.61. The SMILES string of the molecule is Nc1cncc2ccc(F)c(Cl)c12. The molecule has 0 aliphatic carbocycles. The molecule has 0 aliphatic heterocycles. The molecule has 0 saturated heterocycles. The van der Waals surface area contributed by atoms with E-state index in [1.165, 1.54) is 12.3 Å². The summed E-state index contributed by atoms with van der Waals surface area (Å²) in [6, 6.07) is 2.89. The minimum absolute atomic E-state index is 0.0531. The summed E-state index contributed by atoms with van der Waals surface area (Å²) in [6.45, 7) is 0. The molecule has 13 heavy (non-hydrogen) atoms. The maximum absolute atomic E-state index is 13.0. The van der Waals surface area contributed by atoms with E-state index in [2.05, 4.69) is 4.98 Å². The van der Waals surface area contributed by atoms with Crippen molar-refractivity contribution in [3.05, 3.63) is 35.4 Å². The molecule has 0 unspecified atom stereocenters. The zero-order valence-corrected chi connectivity index (χ0v) is 7.35. The van der Waals surface area contributed by atoms with Crippen molar-refractivity contribution in [3.63, 3.8) is 0 Å². The van der Waals surface area contributed by atoms with Gasteiger partial charge in [-0.25, -0.2) is 4.39 Å². The summed E-state index contributed by atoms with van der Waals surface area (Å²) >= 11 is 5.75. The molecular formula is C9H6ClFN2. The summed E-state index contributed by atoms with van der Waals surface area (Å²) in [5.74, 6) is -0.466. The van der Waals surface area contributed by atoms with E-state index >= 15 is 0 Å². The summed E-state index contributed by atoms with van der Waals surface area (Å²) in [4.78, 5) is 3.88. The number of anilines is 1. The van der Waals surface area contributed by atoms with Gasteiger partial charge in [0.25, 0.3) is 0 Å². The van der Waals surface area contributed by atoms with E-state index in [9.17, 15) is 4.39 Å². The minimum Gasteiger partial charge on any atom is -0.397 e. The molecule has 0 fully saturated rings. The summed E-state index contributed by atoms with van der Waals surface area (Å²) in [5, 5.41) is 1.32. The zero-order valence-electron chi connectivity index (χ0n) is 6.59. The first-order valence-corrected chi connectivity index (χ1v) is 4.05. The topological polar surface area (TPSA) is 38.9 Å². The Kier molecular flexibility index (Phi) is 1.81. The van der Waals surface area contributed by atoms with Crippen LogP contribution >= 0.6 is 11.6 Å². The molecule has 0 radical (unpaired) electrons. The van der Waals surface area contributed by atoms with E-state index in [0.717, 1.165) is 5.39 Å². The van der Waals surface area contributed by atoms with Gasteiger partial charge in [-0.05, 0) is 12.1 Å². The van der Waals surface area contributed by atoms with Crippen LogP contribution in [0.5, 0.6) is 0 Å². The molecule has 2 rings (SSSR count). The van der Waals surface area contributed by atoms with Crippen molar-refractivity contribution < 1.29 is 4.39 Å². The van der Waals surface area contributed by atoms with Crippen LogP contribution in [-0.2, 0) is 0 Å². The second-order valence-electron chi connectivity index (χ2n) is 2.69. The van der Waals surface area contributed by atoms with Gasteiger partial charge in [0.2, 0.25) is 0 Å². The van der Waals surface area contributed by atoms with Crippen molar-refractivity contribution in [2.45, 2.75) is 0 Å². The molecule has 1 heterocycles. The number of nitrogens with zero attached hydrogens (tertiary/aromatic N) is 1. The van der Waals surface area contributed by atoms with Crippen LogP contribution in [0.4, 0.5) is 10.1 Å². The first-order chi connectivity index (χ1) is 6.20. The number of pyridine rings is 1. The minimum atomic E-state index is -0.466. The Morgan fingerprint density at radius 2 is 2.08 bits per heavy atom. The maximum Gasteiger partial charge on any atom is 0.142 e. The van der Waals surface area contributed by atoms with Gasteiger partial charge in [-0.2, -0.15) is 0 Å². The highest BCUT2D eigenvalue weighted by molar-refractivity contribution is 6.36. The average Bonchev–Trinajstić information content (AvgIpc) is 2.12. The Morgan fingerprint density at radius 3 is 2.85 bits per heavy atom. The molecule has 1 aromatic heterocycles. The molecule has 0 spiro atoms. The highest BCUT2D eigenvalue weighted by atomic mass is 35.5. The van der Waals surface area contributed by atoms with E-state index in [1.807, 2.05) is 0 Å². The third kappa shape index (κ3) is 1.21. The Morgan fingerprint density at radius 1 is 1.31 bits per heavy atom. The van der Waals surface area contributed by atoms with Gasteiger partial charge < -0.3 is 5.73 Å². The lowest BCUT2D eigenvalue weighted by Crippen LogP contribution is -1.90. The molecule has 0 bridgehead atoms. The molecule has 0 atom stereocenters. The van der Waals surface area contributed by atoms with Crippen LogP contribution in [0.1, 0.15) is 0 Å². The molecular weight excluding hydrogens is 191 g/mol. The van der Waals surface area contributed by atoms with E-state index in [-0.39, 0.29) is 5.02 Å². The van der Waals surface area contributed by atoms with Gasteiger partial charge in [0.15, 0.2) is 0 Å². The number of hydrogen-bond acceptors (Lipinski definition) is 2. The van der Waals surface area contributed by atoms with Gasteiger partial charge in [0, 0.05) is 17.0 Å². The standard InChI is InChI=1S/C9H6ClFN2/c10-9-6(11)2-1-5-3-13-4-7(12)8(5)9/h1-4H,12H2.